The Bertz CT molecular complexity index is 355. The van der Waals surface area contributed by atoms with Gasteiger partial charge in [0.15, 0.2) is 0 Å². The normalized spacial score (nSPS) is 12.1. The largest absolute Gasteiger partial charge is 0.480 e. The van der Waals surface area contributed by atoms with Crippen LogP contribution in [0.1, 0.15) is 6.92 Å². The zero-order valence-electron chi connectivity index (χ0n) is 8.66. The fourth-order valence-corrected chi connectivity index (χ4v) is 1.27. The highest BCUT2D eigenvalue weighted by Gasteiger charge is 2.10. The molecule has 0 amide bonds. The number of benzene rings is 1. The number of carboxylic acid groups (broad SMARTS) is 1. The van der Waals surface area contributed by atoms with Crippen LogP contribution in [0.15, 0.2) is 18.2 Å². The van der Waals surface area contributed by atoms with Gasteiger partial charge in [0.05, 0.1) is 0 Å². The molecule has 5 heteroatoms. The first-order valence-corrected chi connectivity index (χ1v) is 4.57. The van der Waals surface area contributed by atoms with Gasteiger partial charge in [-0.2, -0.15) is 0 Å². The van der Waals surface area contributed by atoms with Crippen molar-refractivity contribution in [3.63, 3.8) is 0 Å². The Balaban J connectivity index is 2.82. The molecule has 0 aliphatic rings. The molecule has 1 aromatic rings. The van der Waals surface area contributed by atoms with Crippen molar-refractivity contribution in [3.8, 4) is 0 Å². The van der Waals surface area contributed by atoms with E-state index < -0.39 is 12.0 Å². The number of carboxylic acids is 1. The van der Waals surface area contributed by atoms with Gasteiger partial charge in [0, 0.05) is 5.69 Å². The summed E-state index contributed by atoms with van der Waals surface area (Å²) in [6.07, 6.45) is 0. The lowest BCUT2D eigenvalue weighted by atomic mass is 9.86. The summed E-state index contributed by atoms with van der Waals surface area (Å²) >= 11 is 0. The third-order valence-corrected chi connectivity index (χ3v) is 2.12. The second-order valence-corrected chi connectivity index (χ2v) is 3.52. The lowest BCUT2D eigenvalue weighted by Crippen LogP contribution is -2.29. The van der Waals surface area contributed by atoms with Crippen molar-refractivity contribution in [2.75, 3.05) is 5.32 Å². The molecule has 1 atom stereocenters. The Morgan fingerprint density at radius 2 is 2.14 bits per heavy atom. The smallest absolute Gasteiger partial charge is 0.325 e. The number of anilines is 1. The van der Waals surface area contributed by atoms with E-state index in [0.29, 0.717) is 0 Å². The van der Waals surface area contributed by atoms with Gasteiger partial charge < -0.3 is 10.4 Å². The van der Waals surface area contributed by atoms with Crippen molar-refractivity contribution in [3.05, 3.63) is 18.2 Å². The molecule has 0 fully saturated rings. The highest BCUT2D eigenvalue weighted by atomic mass is 16.4. The molecule has 0 saturated heterocycles. The summed E-state index contributed by atoms with van der Waals surface area (Å²) in [5.41, 5.74) is 3.12. The molecule has 1 unspecified atom stereocenters. The molecule has 1 aromatic carbocycles. The van der Waals surface area contributed by atoms with E-state index in [1.54, 1.807) is 6.92 Å². The van der Waals surface area contributed by atoms with E-state index in [4.69, 9.17) is 5.11 Å². The zero-order valence-corrected chi connectivity index (χ0v) is 8.66. The van der Waals surface area contributed by atoms with Crippen LogP contribution in [0.5, 0.6) is 0 Å². The molecule has 72 valence electrons. The number of rotatable bonds is 3. The Labute approximate surface area is 85.3 Å². The minimum absolute atomic E-state index is 0.559. The van der Waals surface area contributed by atoms with Gasteiger partial charge >= 0.3 is 5.97 Å². The molecular weight excluding hydrogens is 176 g/mol. The summed E-state index contributed by atoms with van der Waals surface area (Å²) in [5, 5.41) is 11.7. The number of nitrogens with one attached hydrogen (secondary N) is 1. The fourth-order valence-electron chi connectivity index (χ4n) is 1.27. The second-order valence-electron chi connectivity index (χ2n) is 3.52. The Kier molecular flexibility index (Phi) is 3.23. The predicted octanol–water partition coefficient (Wildman–Crippen LogP) is -1.91. The first-order valence-electron chi connectivity index (χ1n) is 4.57. The van der Waals surface area contributed by atoms with Gasteiger partial charge in [0.2, 0.25) is 0 Å². The van der Waals surface area contributed by atoms with Crippen LogP contribution in [0, 0.1) is 0 Å². The van der Waals surface area contributed by atoms with E-state index >= 15 is 0 Å². The summed E-state index contributed by atoms with van der Waals surface area (Å²) in [4.78, 5) is 10.6. The van der Waals surface area contributed by atoms with Gasteiger partial charge in [-0.15, -0.1) is 0 Å². The summed E-state index contributed by atoms with van der Waals surface area (Å²) in [6.45, 7) is 1.63. The third kappa shape index (κ3) is 2.55. The van der Waals surface area contributed by atoms with Gasteiger partial charge in [-0.3, -0.25) is 4.79 Å². The van der Waals surface area contributed by atoms with Crippen LogP contribution in [0.25, 0.3) is 0 Å². The van der Waals surface area contributed by atoms with Gasteiger partial charge in [0.25, 0.3) is 0 Å². The molecule has 1 rings (SSSR count). The van der Waals surface area contributed by atoms with E-state index in [1.165, 1.54) is 5.46 Å². The number of hydrogen-bond donors (Lipinski definition) is 2. The zero-order chi connectivity index (χ0) is 10.7. The predicted molar refractivity (Wildman–Crippen MR) is 63.5 cm³/mol. The Morgan fingerprint density at radius 1 is 1.50 bits per heavy atom. The number of aliphatic carboxylic acids is 1. The van der Waals surface area contributed by atoms with E-state index in [-0.39, 0.29) is 0 Å². The van der Waals surface area contributed by atoms with Crippen LogP contribution in [0.2, 0.25) is 0 Å². The van der Waals surface area contributed by atoms with E-state index in [1.807, 2.05) is 33.9 Å². The van der Waals surface area contributed by atoms with Crippen LogP contribution >= 0.6 is 0 Å². The summed E-state index contributed by atoms with van der Waals surface area (Å²) in [7, 11) is 3.97. The summed E-state index contributed by atoms with van der Waals surface area (Å²) in [5.74, 6) is -0.843. The van der Waals surface area contributed by atoms with Crippen molar-refractivity contribution >= 4 is 38.3 Å². The lowest BCUT2D eigenvalue weighted by Gasteiger charge is -2.13. The highest BCUT2D eigenvalue weighted by molar-refractivity contribution is 6.40. The maximum absolute atomic E-state index is 10.6. The highest BCUT2D eigenvalue weighted by Crippen LogP contribution is 2.02. The van der Waals surface area contributed by atoms with E-state index in [2.05, 4.69) is 5.32 Å². The van der Waals surface area contributed by atoms with Crippen molar-refractivity contribution in [1.29, 1.82) is 0 Å². The molecule has 2 N–H and O–H groups in total. The number of carbonyl (C=O) groups is 1. The van der Waals surface area contributed by atoms with Crippen LogP contribution in [-0.2, 0) is 4.79 Å². The van der Waals surface area contributed by atoms with Crippen molar-refractivity contribution in [2.24, 2.45) is 0 Å². The average molecular weight is 189 g/mol. The van der Waals surface area contributed by atoms with Gasteiger partial charge in [-0.25, -0.2) is 0 Å². The fraction of sp³-hybridized carbons (Fsp3) is 0.222. The lowest BCUT2D eigenvalue weighted by molar-refractivity contribution is -0.137. The minimum atomic E-state index is -0.843. The van der Waals surface area contributed by atoms with Crippen molar-refractivity contribution < 1.29 is 9.90 Å². The molecular formula is C9H13B2NO2. The molecule has 0 aromatic heterocycles. The van der Waals surface area contributed by atoms with Crippen molar-refractivity contribution in [2.45, 2.75) is 13.0 Å². The second kappa shape index (κ2) is 4.22. The van der Waals surface area contributed by atoms with Gasteiger partial charge in [-0.1, -0.05) is 23.1 Å². The monoisotopic (exact) mass is 189 g/mol. The standard InChI is InChI=1S/C9H13B2NO2/c1-5(9(13)14)12-8-3-2-6(10)4-7(8)11/h2-5,12H,10-11H2,1H3,(H,13,14). The van der Waals surface area contributed by atoms with Gasteiger partial charge in [-0.05, 0) is 13.0 Å². The molecule has 0 aliphatic heterocycles. The molecule has 14 heavy (non-hydrogen) atoms. The molecule has 0 saturated carbocycles. The van der Waals surface area contributed by atoms with Gasteiger partial charge in [0.1, 0.15) is 21.7 Å². The maximum atomic E-state index is 10.6. The SMILES string of the molecule is Bc1ccc(NC(C)C(=O)O)c(B)c1. The van der Waals surface area contributed by atoms with Crippen LogP contribution in [0.4, 0.5) is 5.69 Å². The molecule has 0 radical (unpaired) electrons. The van der Waals surface area contributed by atoms with E-state index in [9.17, 15) is 4.79 Å². The number of hydrogen-bond acceptors (Lipinski definition) is 2. The van der Waals surface area contributed by atoms with Crippen LogP contribution in [-0.4, -0.2) is 32.8 Å². The summed E-state index contributed by atoms with van der Waals surface area (Å²) in [6, 6.07) is 5.33. The first kappa shape index (κ1) is 10.7. The first-order chi connectivity index (χ1) is 6.50. The van der Waals surface area contributed by atoms with E-state index in [0.717, 1.165) is 11.2 Å². The third-order valence-electron chi connectivity index (χ3n) is 2.12. The molecule has 0 aliphatic carbocycles. The van der Waals surface area contributed by atoms with Crippen LogP contribution in [0.3, 0.4) is 0 Å². The molecule has 0 heterocycles. The molecule has 0 bridgehead atoms. The summed E-state index contributed by atoms with van der Waals surface area (Å²) < 4.78 is 0. The minimum Gasteiger partial charge on any atom is -0.480 e. The molecule has 0 spiro atoms. The topological polar surface area (TPSA) is 49.3 Å². The molecule has 3 nitrogen and oxygen atoms in total. The quantitative estimate of drug-likeness (QED) is 0.545. The van der Waals surface area contributed by atoms with Crippen molar-refractivity contribution in [1.82, 2.24) is 0 Å². The van der Waals surface area contributed by atoms with Crippen LogP contribution < -0.4 is 16.2 Å². The Morgan fingerprint density at radius 3 is 2.64 bits per heavy atom. The maximum Gasteiger partial charge on any atom is 0.325 e. The Hall–Kier alpha value is -1.38. The average Bonchev–Trinajstić information content (AvgIpc) is 2.09.